The molecule has 186 valence electrons. The van der Waals surface area contributed by atoms with E-state index in [1.807, 2.05) is 29.9 Å². The van der Waals surface area contributed by atoms with Gasteiger partial charge in [0.05, 0.1) is 22.9 Å². The molecule has 1 aliphatic carbocycles. The number of benzene rings is 3. The Labute approximate surface area is 212 Å². The summed E-state index contributed by atoms with van der Waals surface area (Å²) >= 11 is 0. The number of carboxylic acids is 1. The van der Waals surface area contributed by atoms with E-state index >= 15 is 0 Å². The molecule has 0 radical (unpaired) electrons. The molecule has 2 aliphatic rings. The maximum atomic E-state index is 14.2. The lowest BCUT2D eigenvalue weighted by molar-refractivity contribution is -0.113. The molecular weight excluding hydrogens is 473 g/mol. The molecule has 3 aromatic rings. The number of rotatable bonds is 7. The van der Waals surface area contributed by atoms with Crippen molar-refractivity contribution in [2.75, 3.05) is 11.4 Å². The van der Waals surface area contributed by atoms with Gasteiger partial charge in [-0.15, -0.1) is 5.59 Å². The number of nitrogens with one attached hydrogen (secondary N) is 2. The highest BCUT2D eigenvalue weighted by atomic mass is 19.1. The van der Waals surface area contributed by atoms with E-state index in [1.54, 1.807) is 59.5 Å². The van der Waals surface area contributed by atoms with Crippen molar-refractivity contribution in [1.29, 1.82) is 0 Å². The minimum absolute atomic E-state index is 0.125. The van der Waals surface area contributed by atoms with E-state index < -0.39 is 12.0 Å². The number of halogens is 1. The standard InChI is InChI=1S/C29H24FN3O4/c30-24-13-3-1-7-18(24)15-16-33-25-14-4-2-10-22(25)26(28(33)34)23-12-6-11-21(27(23)31-32-37)19-8-5-9-20(17-19)29(35)36/h1-14,17,27,31-32,37H,15-16H2,(H,35,36). The van der Waals surface area contributed by atoms with Gasteiger partial charge >= 0.3 is 5.97 Å². The first-order valence-electron chi connectivity index (χ1n) is 11.7. The first-order chi connectivity index (χ1) is 18.0. The molecule has 8 heteroatoms. The van der Waals surface area contributed by atoms with Crippen LogP contribution >= 0.6 is 0 Å². The summed E-state index contributed by atoms with van der Waals surface area (Å²) in [5, 5.41) is 19.0. The van der Waals surface area contributed by atoms with Gasteiger partial charge < -0.3 is 15.2 Å². The first-order valence-corrected chi connectivity index (χ1v) is 11.7. The monoisotopic (exact) mass is 497 g/mol. The molecule has 1 amide bonds. The SMILES string of the molecule is O=C(O)c1cccc(C2=CC=CC(=C3C(=O)N(CCc4ccccc4F)c4ccccc43)C2NNO)c1. The number of para-hydroxylation sites is 1. The summed E-state index contributed by atoms with van der Waals surface area (Å²) in [6, 6.07) is 19.7. The molecule has 5 rings (SSSR count). The second-order valence-corrected chi connectivity index (χ2v) is 8.70. The number of amides is 1. The van der Waals surface area contributed by atoms with Crippen LogP contribution < -0.4 is 15.9 Å². The van der Waals surface area contributed by atoms with Crippen molar-refractivity contribution >= 4 is 28.7 Å². The Kier molecular flexibility index (Phi) is 6.78. The Bertz CT molecular complexity index is 1480. The van der Waals surface area contributed by atoms with Gasteiger partial charge in [0, 0.05) is 12.1 Å². The third-order valence-electron chi connectivity index (χ3n) is 6.60. The number of allylic oxidation sites excluding steroid dienone is 2. The van der Waals surface area contributed by atoms with Crippen LogP contribution in [0.3, 0.4) is 0 Å². The molecule has 1 heterocycles. The number of carbonyl (C=O) groups is 2. The van der Waals surface area contributed by atoms with Crippen LogP contribution in [0.2, 0.25) is 0 Å². The van der Waals surface area contributed by atoms with Gasteiger partial charge in [0.15, 0.2) is 0 Å². The van der Waals surface area contributed by atoms with Crippen molar-refractivity contribution in [3.8, 4) is 0 Å². The maximum absolute atomic E-state index is 14.2. The van der Waals surface area contributed by atoms with E-state index in [1.165, 1.54) is 12.1 Å². The summed E-state index contributed by atoms with van der Waals surface area (Å²) in [5.41, 5.74) is 9.25. The molecule has 37 heavy (non-hydrogen) atoms. The van der Waals surface area contributed by atoms with Crippen molar-refractivity contribution in [3.05, 3.63) is 125 Å². The van der Waals surface area contributed by atoms with Gasteiger partial charge in [0.25, 0.3) is 5.91 Å². The quantitative estimate of drug-likeness (QED) is 0.286. The third-order valence-corrected chi connectivity index (χ3v) is 6.60. The predicted molar refractivity (Wildman–Crippen MR) is 138 cm³/mol. The fraction of sp³-hybridized carbons (Fsp3) is 0.103. The summed E-state index contributed by atoms with van der Waals surface area (Å²) in [5.74, 6) is -1.60. The van der Waals surface area contributed by atoms with Crippen LogP contribution in [0.25, 0.3) is 11.1 Å². The molecule has 1 unspecified atom stereocenters. The largest absolute Gasteiger partial charge is 0.478 e. The Hall–Kier alpha value is -4.37. The smallest absolute Gasteiger partial charge is 0.335 e. The third kappa shape index (κ3) is 4.61. The van der Waals surface area contributed by atoms with Crippen molar-refractivity contribution in [2.45, 2.75) is 12.5 Å². The minimum Gasteiger partial charge on any atom is -0.478 e. The zero-order chi connectivity index (χ0) is 25.9. The van der Waals surface area contributed by atoms with E-state index in [9.17, 15) is 24.3 Å². The zero-order valence-electron chi connectivity index (χ0n) is 19.7. The van der Waals surface area contributed by atoms with Crippen molar-refractivity contribution < 1.29 is 24.3 Å². The molecule has 3 aromatic carbocycles. The average Bonchev–Trinajstić information content (AvgIpc) is 3.19. The van der Waals surface area contributed by atoms with Crippen LogP contribution in [0.15, 0.2) is 96.6 Å². The highest BCUT2D eigenvalue weighted by Crippen LogP contribution is 2.42. The van der Waals surface area contributed by atoms with E-state index in [0.29, 0.717) is 34.3 Å². The van der Waals surface area contributed by atoms with Gasteiger partial charge in [0.1, 0.15) is 5.82 Å². The van der Waals surface area contributed by atoms with Gasteiger partial charge in [-0.25, -0.2) is 14.6 Å². The number of carbonyl (C=O) groups excluding carboxylic acids is 1. The minimum atomic E-state index is -1.05. The van der Waals surface area contributed by atoms with Crippen LogP contribution in [0.5, 0.6) is 0 Å². The second-order valence-electron chi connectivity index (χ2n) is 8.70. The normalized spacial score (nSPS) is 18.6. The fourth-order valence-electron chi connectivity index (χ4n) is 4.87. The van der Waals surface area contributed by atoms with Crippen molar-refractivity contribution in [2.24, 2.45) is 0 Å². The van der Waals surface area contributed by atoms with Gasteiger partial charge in [-0.2, -0.15) is 0 Å². The van der Waals surface area contributed by atoms with E-state index in [2.05, 4.69) is 5.43 Å². The predicted octanol–water partition coefficient (Wildman–Crippen LogP) is 4.37. The van der Waals surface area contributed by atoms with E-state index in [4.69, 9.17) is 0 Å². The molecule has 0 spiro atoms. The molecule has 0 bridgehead atoms. The van der Waals surface area contributed by atoms with Gasteiger partial charge in [-0.1, -0.05) is 66.8 Å². The molecule has 1 atom stereocenters. The van der Waals surface area contributed by atoms with Crippen molar-refractivity contribution in [1.82, 2.24) is 11.0 Å². The molecule has 0 aromatic heterocycles. The lowest BCUT2D eigenvalue weighted by Gasteiger charge is -2.26. The second kappa shape index (κ2) is 10.3. The lowest BCUT2D eigenvalue weighted by Crippen LogP contribution is -2.42. The molecule has 4 N–H and O–H groups in total. The van der Waals surface area contributed by atoms with Gasteiger partial charge in [-0.3, -0.25) is 4.79 Å². The summed E-state index contributed by atoms with van der Waals surface area (Å²) in [4.78, 5) is 27.0. The fourth-order valence-corrected chi connectivity index (χ4v) is 4.87. The summed E-state index contributed by atoms with van der Waals surface area (Å²) in [6.07, 6.45) is 5.74. The number of fused-ring (bicyclic) bond motifs is 1. The number of hydrazine groups is 1. The van der Waals surface area contributed by atoms with E-state index in [-0.39, 0.29) is 23.8 Å². The molecule has 7 nitrogen and oxygen atoms in total. The van der Waals surface area contributed by atoms with Crippen LogP contribution in [0.1, 0.15) is 27.0 Å². The molecule has 0 saturated heterocycles. The van der Waals surface area contributed by atoms with Gasteiger partial charge in [0.2, 0.25) is 0 Å². The van der Waals surface area contributed by atoms with Crippen LogP contribution in [0, 0.1) is 5.82 Å². The topological polar surface area (TPSA) is 102 Å². The number of anilines is 1. The summed E-state index contributed by atoms with van der Waals surface area (Å²) < 4.78 is 14.2. The zero-order valence-corrected chi connectivity index (χ0v) is 19.7. The van der Waals surface area contributed by atoms with Crippen LogP contribution in [-0.2, 0) is 11.2 Å². The number of hydrogen-bond donors (Lipinski definition) is 4. The number of nitrogens with zero attached hydrogens (tertiary/aromatic N) is 1. The Balaban J connectivity index is 1.56. The van der Waals surface area contributed by atoms with Crippen LogP contribution in [0.4, 0.5) is 10.1 Å². The van der Waals surface area contributed by atoms with Gasteiger partial charge in [-0.05, 0) is 53.0 Å². The average molecular weight is 498 g/mol. The summed E-state index contributed by atoms with van der Waals surface area (Å²) in [7, 11) is 0. The maximum Gasteiger partial charge on any atom is 0.335 e. The molecule has 0 fully saturated rings. The Morgan fingerprint density at radius 1 is 1.03 bits per heavy atom. The number of carboxylic acid groups (broad SMARTS) is 1. The molecule has 1 aliphatic heterocycles. The molecular formula is C29H24FN3O4. The highest BCUT2D eigenvalue weighted by molar-refractivity contribution is 6.34. The Morgan fingerprint density at radius 3 is 2.59 bits per heavy atom. The highest BCUT2D eigenvalue weighted by Gasteiger charge is 2.37. The number of hydrogen-bond acceptors (Lipinski definition) is 5. The van der Waals surface area contributed by atoms with Crippen LogP contribution in [-0.4, -0.2) is 34.8 Å². The van der Waals surface area contributed by atoms with Crippen molar-refractivity contribution in [3.63, 3.8) is 0 Å². The Morgan fingerprint density at radius 2 is 1.81 bits per heavy atom. The number of aromatic carboxylic acids is 1. The molecule has 0 saturated carbocycles. The first kappa shape index (κ1) is 24.3. The lowest BCUT2D eigenvalue weighted by atomic mass is 9.85. The summed E-state index contributed by atoms with van der Waals surface area (Å²) in [6.45, 7) is 0.289. The van der Waals surface area contributed by atoms with E-state index in [0.717, 1.165) is 11.3 Å².